The number of halogens is 1. The molecule has 2 N–H and O–H groups in total. The molecule has 1 aliphatic heterocycles. The maximum absolute atomic E-state index is 12.4. The molecule has 1 saturated carbocycles. The van der Waals surface area contributed by atoms with Crippen LogP contribution in [0.2, 0.25) is 0 Å². The number of amides is 1. The lowest BCUT2D eigenvalue weighted by Gasteiger charge is -2.18. The van der Waals surface area contributed by atoms with Gasteiger partial charge in [0.15, 0.2) is 0 Å². The number of hydrogen-bond acceptors (Lipinski definition) is 2. The molecule has 4 heteroatoms. The van der Waals surface area contributed by atoms with Crippen molar-refractivity contribution in [3.05, 3.63) is 33.4 Å². The van der Waals surface area contributed by atoms with Gasteiger partial charge in [0, 0.05) is 28.3 Å². The number of rotatable bonds is 1. The van der Waals surface area contributed by atoms with Crippen molar-refractivity contribution in [1.82, 2.24) is 4.90 Å². The fourth-order valence-corrected chi connectivity index (χ4v) is 3.82. The summed E-state index contributed by atoms with van der Waals surface area (Å²) >= 11 is 2.24. The molecular weight excluding hydrogens is 339 g/mol. The van der Waals surface area contributed by atoms with Crippen LogP contribution in [0.1, 0.15) is 23.2 Å². The lowest BCUT2D eigenvalue weighted by molar-refractivity contribution is 0.0779. The lowest BCUT2D eigenvalue weighted by atomic mass is 9.98. The minimum Gasteiger partial charge on any atom is -0.338 e. The van der Waals surface area contributed by atoms with Crippen LogP contribution in [0.5, 0.6) is 0 Å². The maximum Gasteiger partial charge on any atom is 0.253 e. The Balaban J connectivity index is 1.75. The van der Waals surface area contributed by atoms with Gasteiger partial charge in [-0.2, -0.15) is 0 Å². The average Bonchev–Trinajstić information content (AvgIpc) is 2.91. The zero-order chi connectivity index (χ0) is 12.7. The number of nitrogens with two attached hydrogens (primary N) is 1. The van der Waals surface area contributed by atoms with E-state index in [4.69, 9.17) is 5.73 Å². The quantitative estimate of drug-likeness (QED) is 0.784. The van der Waals surface area contributed by atoms with Crippen LogP contribution < -0.4 is 5.73 Å². The van der Waals surface area contributed by atoms with Crippen molar-refractivity contribution in [2.45, 2.75) is 18.9 Å². The third-order valence-corrected chi connectivity index (χ3v) is 4.94. The monoisotopic (exact) mass is 356 g/mol. The Kier molecular flexibility index (Phi) is 3.32. The van der Waals surface area contributed by atoms with Crippen molar-refractivity contribution < 1.29 is 4.79 Å². The van der Waals surface area contributed by atoms with E-state index >= 15 is 0 Å². The van der Waals surface area contributed by atoms with E-state index in [2.05, 4.69) is 22.6 Å². The van der Waals surface area contributed by atoms with Crippen molar-refractivity contribution in [3.63, 3.8) is 0 Å². The zero-order valence-electron chi connectivity index (χ0n) is 10.2. The van der Waals surface area contributed by atoms with Crippen molar-refractivity contribution >= 4 is 28.5 Å². The molecule has 1 amide bonds. The van der Waals surface area contributed by atoms with Crippen LogP contribution in [0.3, 0.4) is 0 Å². The number of carbonyl (C=O) groups excluding carboxylic acids is 1. The first-order valence-electron chi connectivity index (χ1n) is 6.45. The van der Waals surface area contributed by atoms with E-state index in [1.54, 1.807) is 0 Å². The molecule has 0 radical (unpaired) electrons. The Labute approximate surface area is 121 Å². The van der Waals surface area contributed by atoms with Gasteiger partial charge in [-0.1, -0.05) is 6.07 Å². The Hall–Kier alpha value is -0.620. The SMILES string of the molecule is NC1CCC2CN(C(=O)c3cccc(I)c3)CC12. The molecular formula is C14H17IN2O. The second-order valence-corrected chi connectivity index (χ2v) is 6.63. The van der Waals surface area contributed by atoms with Gasteiger partial charge in [-0.05, 0) is 65.5 Å². The summed E-state index contributed by atoms with van der Waals surface area (Å²) in [5, 5.41) is 0. The Morgan fingerprint density at radius 1 is 1.33 bits per heavy atom. The van der Waals surface area contributed by atoms with Gasteiger partial charge >= 0.3 is 0 Å². The molecule has 0 bridgehead atoms. The highest BCUT2D eigenvalue weighted by Gasteiger charge is 2.42. The third kappa shape index (κ3) is 2.16. The molecule has 0 aromatic heterocycles. The first-order chi connectivity index (χ1) is 8.65. The van der Waals surface area contributed by atoms with Crippen LogP contribution in [0, 0.1) is 15.4 Å². The fourth-order valence-electron chi connectivity index (χ4n) is 3.28. The number of fused-ring (bicyclic) bond motifs is 1. The predicted molar refractivity (Wildman–Crippen MR) is 79.3 cm³/mol. The molecule has 18 heavy (non-hydrogen) atoms. The summed E-state index contributed by atoms with van der Waals surface area (Å²) in [6.45, 7) is 1.73. The molecule has 1 aromatic rings. The Morgan fingerprint density at radius 2 is 2.17 bits per heavy atom. The van der Waals surface area contributed by atoms with E-state index in [0.29, 0.717) is 17.9 Å². The first-order valence-corrected chi connectivity index (χ1v) is 7.53. The largest absolute Gasteiger partial charge is 0.338 e. The Morgan fingerprint density at radius 3 is 2.89 bits per heavy atom. The summed E-state index contributed by atoms with van der Waals surface area (Å²) in [7, 11) is 0. The topological polar surface area (TPSA) is 46.3 Å². The van der Waals surface area contributed by atoms with Crippen molar-refractivity contribution in [1.29, 1.82) is 0 Å². The van der Waals surface area contributed by atoms with E-state index in [9.17, 15) is 4.79 Å². The normalized spacial score (nSPS) is 30.6. The highest BCUT2D eigenvalue weighted by molar-refractivity contribution is 14.1. The highest BCUT2D eigenvalue weighted by atomic mass is 127. The number of carbonyl (C=O) groups is 1. The molecule has 3 unspecified atom stereocenters. The van der Waals surface area contributed by atoms with Gasteiger partial charge in [0.05, 0.1) is 0 Å². The molecule has 0 spiro atoms. The van der Waals surface area contributed by atoms with Gasteiger partial charge in [0.2, 0.25) is 0 Å². The number of hydrogen-bond donors (Lipinski definition) is 1. The molecule has 1 aliphatic carbocycles. The molecule has 3 atom stereocenters. The summed E-state index contributed by atoms with van der Waals surface area (Å²) < 4.78 is 1.11. The minimum absolute atomic E-state index is 0.162. The predicted octanol–water partition coefficient (Wildman–Crippen LogP) is 2.10. The van der Waals surface area contributed by atoms with Crippen LogP contribution in [0.4, 0.5) is 0 Å². The zero-order valence-corrected chi connectivity index (χ0v) is 12.3. The van der Waals surface area contributed by atoms with E-state index in [-0.39, 0.29) is 5.91 Å². The smallest absolute Gasteiger partial charge is 0.253 e. The molecule has 1 heterocycles. The molecule has 1 aromatic carbocycles. The molecule has 96 valence electrons. The Bertz CT molecular complexity index is 477. The molecule has 3 nitrogen and oxygen atoms in total. The van der Waals surface area contributed by atoms with Crippen molar-refractivity contribution in [3.8, 4) is 0 Å². The summed E-state index contributed by atoms with van der Waals surface area (Å²) in [4.78, 5) is 14.4. The van der Waals surface area contributed by atoms with Crippen LogP contribution >= 0.6 is 22.6 Å². The standard InChI is InChI=1S/C14H17IN2O/c15-11-3-1-2-9(6-11)14(18)17-7-10-4-5-13(16)12(10)8-17/h1-3,6,10,12-13H,4-5,7-8,16H2. The summed E-state index contributed by atoms with van der Waals surface area (Å²) in [6, 6.07) is 8.10. The summed E-state index contributed by atoms with van der Waals surface area (Å²) in [6.07, 6.45) is 2.31. The van der Waals surface area contributed by atoms with E-state index < -0.39 is 0 Å². The van der Waals surface area contributed by atoms with Crippen molar-refractivity contribution in [2.75, 3.05) is 13.1 Å². The third-order valence-electron chi connectivity index (χ3n) is 4.27. The number of nitrogens with zero attached hydrogens (tertiary/aromatic N) is 1. The highest BCUT2D eigenvalue weighted by Crippen LogP contribution is 2.37. The van der Waals surface area contributed by atoms with Crippen LogP contribution in [0.25, 0.3) is 0 Å². The van der Waals surface area contributed by atoms with Gasteiger partial charge in [0.1, 0.15) is 0 Å². The second kappa shape index (κ2) is 4.81. The van der Waals surface area contributed by atoms with Gasteiger partial charge in [-0.25, -0.2) is 0 Å². The van der Waals surface area contributed by atoms with Crippen LogP contribution in [-0.2, 0) is 0 Å². The maximum atomic E-state index is 12.4. The molecule has 2 fully saturated rings. The average molecular weight is 356 g/mol. The summed E-state index contributed by atoms with van der Waals surface area (Å²) in [5.74, 6) is 1.32. The van der Waals surface area contributed by atoms with Gasteiger partial charge in [0.25, 0.3) is 5.91 Å². The van der Waals surface area contributed by atoms with Crippen LogP contribution in [-0.4, -0.2) is 29.9 Å². The number of likely N-dealkylation sites (tertiary alicyclic amines) is 1. The van der Waals surface area contributed by atoms with Gasteiger partial charge in [-0.15, -0.1) is 0 Å². The fraction of sp³-hybridized carbons (Fsp3) is 0.500. The van der Waals surface area contributed by atoms with Gasteiger partial charge in [-0.3, -0.25) is 4.79 Å². The van der Waals surface area contributed by atoms with Gasteiger partial charge < -0.3 is 10.6 Å². The minimum atomic E-state index is 0.162. The molecule has 1 saturated heterocycles. The van der Waals surface area contributed by atoms with Crippen molar-refractivity contribution in [2.24, 2.45) is 17.6 Å². The molecule has 3 rings (SSSR count). The van der Waals surface area contributed by atoms with Crippen LogP contribution in [0.15, 0.2) is 24.3 Å². The van der Waals surface area contributed by atoms with E-state index in [0.717, 1.165) is 28.6 Å². The van der Waals surface area contributed by atoms with E-state index in [1.807, 2.05) is 29.2 Å². The summed E-state index contributed by atoms with van der Waals surface area (Å²) in [5.41, 5.74) is 6.91. The molecule has 2 aliphatic rings. The first kappa shape index (κ1) is 12.4. The lowest BCUT2D eigenvalue weighted by Crippen LogP contribution is -2.33. The number of benzene rings is 1. The van der Waals surface area contributed by atoms with E-state index in [1.165, 1.54) is 6.42 Å². The second-order valence-electron chi connectivity index (χ2n) is 5.39.